The Hall–Kier alpha value is -2.74. The average molecular weight is 374 g/mol. The van der Waals surface area contributed by atoms with Crippen LogP contribution < -0.4 is 11.2 Å². The second kappa shape index (κ2) is 8.77. The topological polar surface area (TPSA) is 90.7 Å². The molecule has 8 heteroatoms. The van der Waals surface area contributed by atoms with E-state index in [1.165, 1.54) is 49.7 Å². The fourth-order valence-corrected chi connectivity index (χ4v) is 3.15. The van der Waals surface area contributed by atoms with Crippen LogP contribution in [0.4, 0.5) is 4.39 Å². The lowest BCUT2D eigenvalue weighted by Gasteiger charge is -2.25. The predicted octanol–water partition coefficient (Wildman–Crippen LogP) is 1.33. The van der Waals surface area contributed by atoms with E-state index in [-0.39, 0.29) is 12.1 Å². The maximum absolute atomic E-state index is 13.0. The van der Waals surface area contributed by atoms with Gasteiger partial charge in [-0.25, -0.2) is 9.18 Å². The molecule has 2 heterocycles. The highest BCUT2D eigenvalue weighted by atomic mass is 19.1. The Kier molecular flexibility index (Phi) is 6.18. The van der Waals surface area contributed by atoms with Crippen molar-refractivity contribution in [1.29, 1.82) is 0 Å². The molecule has 0 saturated carbocycles. The minimum Gasteiger partial charge on any atom is -0.494 e. The van der Waals surface area contributed by atoms with Gasteiger partial charge in [0.25, 0.3) is 5.56 Å². The minimum atomic E-state index is -0.729. The van der Waals surface area contributed by atoms with Crippen molar-refractivity contribution >= 4 is 6.21 Å². The zero-order valence-corrected chi connectivity index (χ0v) is 15.0. The molecule has 7 nitrogen and oxygen atoms in total. The lowest BCUT2D eigenvalue weighted by Crippen LogP contribution is -2.33. The molecule has 1 fully saturated rings. The maximum atomic E-state index is 13.0. The first-order chi connectivity index (χ1) is 13.0. The molecular weight excluding hydrogens is 351 g/mol. The number of aromatic amines is 1. The molecule has 27 heavy (non-hydrogen) atoms. The SMILES string of the molecule is O=c1[nH]c(=O)n(Cc2ccc(F)cc2)c(O)c1C=NCCN1CCCCC1. The molecule has 2 aromatic rings. The van der Waals surface area contributed by atoms with Gasteiger partial charge in [0.1, 0.15) is 11.4 Å². The zero-order chi connectivity index (χ0) is 19.2. The highest BCUT2D eigenvalue weighted by Gasteiger charge is 2.13. The van der Waals surface area contributed by atoms with E-state index in [4.69, 9.17) is 0 Å². The number of halogens is 1. The van der Waals surface area contributed by atoms with Crippen molar-refractivity contribution in [3.8, 4) is 5.88 Å². The first kappa shape index (κ1) is 19.0. The highest BCUT2D eigenvalue weighted by Crippen LogP contribution is 2.12. The minimum absolute atomic E-state index is 0.0103. The molecule has 1 saturated heterocycles. The van der Waals surface area contributed by atoms with Gasteiger partial charge in [0, 0.05) is 12.8 Å². The number of rotatable bonds is 6. The van der Waals surface area contributed by atoms with Gasteiger partial charge in [-0.15, -0.1) is 0 Å². The van der Waals surface area contributed by atoms with Crippen LogP contribution in [0.2, 0.25) is 0 Å². The number of aromatic hydroxyl groups is 1. The van der Waals surface area contributed by atoms with Crippen LogP contribution in [0.1, 0.15) is 30.4 Å². The number of H-pyrrole nitrogens is 1. The molecule has 0 atom stereocenters. The molecule has 1 aliphatic heterocycles. The summed E-state index contributed by atoms with van der Waals surface area (Å²) in [6.45, 7) is 3.44. The molecule has 0 radical (unpaired) electrons. The van der Waals surface area contributed by atoms with Gasteiger partial charge in [-0.1, -0.05) is 18.6 Å². The quantitative estimate of drug-likeness (QED) is 0.747. The summed E-state index contributed by atoms with van der Waals surface area (Å²) in [5, 5.41) is 10.4. The Morgan fingerprint density at radius 2 is 1.85 bits per heavy atom. The van der Waals surface area contributed by atoms with Crippen LogP contribution in [0.25, 0.3) is 0 Å². The Balaban J connectivity index is 1.74. The van der Waals surface area contributed by atoms with Gasteiger partial charge in [0.05, 0.1) is 13.1 Å². The van der Waals surface area contributed by atoms with E-state index in [1.54, 1.807) is 0 Å². The molecule has 2 N–H and O–H groups in total. The van der Waals surface area contributed by atoms with E-state index < -0.39 is 22.9 Å². The molecule has 3 rings (SSSR count). The van der Waals surface area contributed by atoms with Crippen LogP contribution in [-0.2, 0) is 6.54 Å². The molecule has 1 aromatic carbocycles. The summed E-state index contributed by atoms with van der Waals surface area (Å²) in [6, 6.07) is 5.57. The predicted molar refractivity (Wildman–Crippen MR) is 101 cm³/mol. The average Bonchev–Trinajstić information content (AvgIpc) is 2.66. The van der Waals surface area contributed by atoms with Crippen LogP contribution in [0.5, 0.6) is 5.88 Å². The van der Waals surface area contributed by atoms with Crippen molar-refractivity contribution in [3.63, 3.8) is 0 Å². The lowest BCUT2D eigenvalue weighted by atomic mass is 10.1. The second-order valence-electron chi connectivity index (χ2n) is 6.65. The van der Waals surface area contributed by atoms with Crippen molar-refractivity contribution in [2.24, 2.45) is 4.99 Å². The molecule has 144 valence electrons. The van der Waals surface area contributed by atoms with Gasteiger partial charge in [0.15, 0.2) is 0 Å². The Morgan fingerprint density at radius 1 is 1.15 bits per heavy atom. The van der Waals surface area contributed by atoms with Gasteiger partial charge in [-0.3, -0.25) is 19.3 Å². The van der Waals surface area contributed by atoms with E-state index in [0.29, 0.717) is 12.1 Å². The molecule has 0 unspecified atom stereocenters. The third-order valence-electron chi connectivity index (χ3n) is 4.68. The number of aliphatic imine (C=N–C) groups is 1. The summed E-state index contributed by atoms with van der Waals surface area (Å²) in [6.07, 6.45) is 4.95. The summed E-state index contributed by atoms with van der Waals surface area (Å²) < 4.78 is 14.1. The fraction of sp³-hybridized carbons (Fsp3) is 0.421. The smallest absolute Gasteiger partial charge is 0.331 e. The van der Waals surface area contributed by atoms with Crippen molar-refractivity contribution in [3.05, 3.63) is 62.0 Å². The Bertz CT molecular complexity index is 912. The lowest BCUT2D eigenvalue weighted by molar-refractivity contribution is 0.235. The molecule has 0 bridgehead atoms. The number of nitrogens with one attached hydrogen (secondary N) is 1. The number of hydrogen-bond acceptors (Lipinski definition) is 5. The zero-order valence-electron chi connectivity index (χ0n) is 15.0. The van der Waals surface area contributed by atoms with Crippen LogP contribution >= 0.6 is 0 Å². The van der Waals surface area contributed by atoms with E-state index in [9.17, 15) is 19.1 Å². The van der Waals surface area contributed by atoms with Crippen molar-refractivity contribution < 1.29 is 9.50 Å². The molecule has 0 amide bonds. The first-order valence-corrected chi connectivity index (χ1v) is 9.07. The van der Waals surface area contributed by atoms with Gasteiger partial charge in [-0.2, -0.15) is 0 Å². The summed E-state index contributed by atoms with van der Waals surface area (Å²) in [7, 11) is 0. The van der Waals surface area contributed by atoms with Crippen LogP contribution in [0, 0.1) is 5.82 Å². The molecule has 1 aromatic heterocycles. The monoisotopic (exact) mass is 374 g/mol. The third kappa shape index (κ3) is 4.91. The summed E-state index contributed by atoms with van der Waals surface area (Å²) in [4.78, 5) is 32.8. The molecule has 1 aliphatic rings. The number of hydrogen-bond donors (Lipinski definition) is 2. The van der Waals surface area contributed by atoms with E-state index in [1.807, 2.05) is 0 Å². The van der Waals surface area contributed by atoms with Crippen molar-refractivity contribution in [1.82, 2.24) is 14.5 Å². The number of benzene rings is 1. The van der Waals surface area contributed by atoms with E-state index in [0.717, 1.165) is 24.2 Å². The van der Waals surface area contributed by atoms with E-state index >= 15 is 0 Å². The molecule has 0 spiro atoms. The number of aromatic nitrogens is 2. The van der Waals surface area contributed by atoms with Gasteiger partial charge in [-0.05, 0) is 43.6 Å². The van der Waals surface area contributed by atoms with Crippen LogP contribution in [0.15, 0.2) is 38.8 Å². The standard InChI is InChI=1S/C19H23FN4O3/c20-15-6-4-14(5-7-15)13-24-18(26)16(17(25)22-19(24)27)12-21-8-11-23-9-2-1-3-10-23/h4-7,12,26H,1-3,8-11,13H2,(H,22,25,27). The number of nitrogens with zero attached hydrogens (tertiary/aromatic N) is 3. The molecular formula is C19H23FN4O3. The highest BCUT2D eigenvalue weighted by molar-refractivity contribution is 5.81. The van der Waals surface area contributed by atoms with Crippen LogP contribution in [0.3, 0.4) is 0 Å². The van der Waals surface area contributed by atoms with E-state index in [2.05, 4.69) is 14.9 Å². The first-order valence-electron chi connectivity index (χ1n) is 9.07. The maximum Gasteiger partial charge on any atom is 0.331 e. The summed E-state index contributed by atoms with van der Waals surface area (Å²) >= 11 is 0. The van der Waals surface area contributed by atoms with Crippen molar-refractivity contribution in [2.45, 2.75) is 25.8 Å². The van der Waals surface area contributed by atoms with Gasteiger partial charge >= 0.3 is 5.69 Å². The fourth-order valence-electron chi connectivity index (χ4n) is 3.15. The number of piperidine rings is 1. The third-order valence-corrected chi connectivity index (χ3v) is 4.68. The Morgan fingerprint density at radius 3 is 2.56 bits per heavy atom. The number of likely N-dealkylation sites (tertiary alicyclic amines) is 1. The summed E-state index contributed by atoms with van der Waals surface area (Å²) in [5.74, 6) is -0.840. The molecule has 0 aliphatic carbocycles. The second-order valence-corrected chi connectivity index (χ2v) is 6.65. The largest absolute Gasteiger partial charge is 0.494 e. The van der Waals surface area contributed by atoms with Crippen molar-refractivity contribution in [2.75, 3.05) is 26.2 Å². The van der Waals surface area contributed by atoms with Gasteiger partial charge in [0.2, 0.25) is 5.88 Å². The Labute approximate surface area is 155 Å². The van der Waals surface area contributed by atoms with Crippen LogP contribution in [-0.4, -0.2) is 52.0 Å². The van der Waals surface area contributed by atoms with Gasteiger partial charge < -0.3 is 10.0 Å². The summed E-state index contributed by atoms with van der Waals surface area (Å²) in [5.41, 5.74) is -0.855. The normalized spacial score (nSPS) is 15.4.